The van der Waals surface area contributed by atoms with Gasteiger partial charge >= 0.3 is 11.9 Å². The second kappa shape index (κ2) is 7.32. The molecule has 0 saturated heterocycles. The normalized spacial score (nSPS) is 11.2. The molecule has 0 spiro atoms. The van der Waals surface area contributed by atoms with Crippen molar-refractivity contribution >= 4 is 11.6 Å². The van der Waals surface area contributed by atoms with Crippen molar-refractivity contribution in [3.63, 3.8) is 0 Å². The van der Waals surface area contributed by atoms with Crippen LogP contribution in [0.3, 0.4) is 0 Å². The van der Waals surface area contributed by atoms with Gasteiger partial charge in [-0.15, -0.1) is 0 Å². The Labute approximate surface area is 149 Å². The van der Waals surface area contributed by atoms with Gasteiger partial charge in [0.1, 0.15) is 5.69 Å². The van der Waals surface area contributed by atoms with Gasteiger partial charge in [-0.25, -0.2) is 9.78 Å². The van der Waals surface area contributed by atoms with E-state index in [-0.39, 0.29) is 17.4 Å². The molecule has 0 aliphatic carbocycles. The van der Waals surface area contributed by atoms with E-state index in [0.29, 0.717) is 11.3 Å². The maximum Gasteiger partial charge on any atom is 0.439 e. The van der Waals surface area contributed by atoms with Crippen molar-refractivity contribution in [3.8, 4) is 17.3 Å². The van der Waals surface area contributed by atoms with Crippen molar-refractivity contribution in [3.05, 3.63) is 58.7 Å². The van der Waals surface area contributed by atoms with Gasteiger partial charge in [-0.1, -0.05) is 11.2 Å². The monoisotopic (exact) mass is 380 g/mol. The van der Waals surface area contributed by atoms with E-state index in [9.17, 15) is 22.8 Å². The van der Waals surface area contributed by atoms with Gasteiger partial charge in [0.25, 0.3) is 5.91 Å². The summed E-state index contributed by atoms with van der Waals surface area (Å²) in [6.45, 7) is -1.50. The summed E-state index contributed by atoms with van der Waals surface area (Å²) in [6.07, 6.45) is -4.50. The Bertz CT molecular complexity index is 996. The maximum absolute atomic E-state index is 12.2. The van der Waals surface area contributed by atoms with Gasteiger partial charge in [-0.05, 0) is 30.3 Å². The third kappa shape index (κ3) is 4.93. The lowest BCUT2D eigenvalue weighted by Crippen LogP contribution is -2.20. The van der Waals surface area contributed by atoms with Crippen molar-refractivity contribution in [2.24, 2.45) is 0 Å². The number of aromatic amines is 1. The van der Waals surface area contributed by atoms with Gasteiger partial charge in [-0.3, -0.25) is 14.3 Å². The van der Waals surface area contributed by atoms with E-state index in [4.69, 9.17) is 0 Å². The molecule has 0 bridgehead atoms. The van der Waals surface area contributed by atoms with Crippen LogP contribution in [0.5, 0.6) is 5.88 Å². The minimum atomic E-state index is -4.50. The number of nitrogens with one attached hydrogen (secondary N) is 2. The zero-order valence-corrected chi connectivity index (χ0v) is 13.4. The average Bonchev–Trinajstić information content (AvgIpc) is 3.07. The van der Waals surface area contributed by atoms with E-state index < -0.39 is 24.4 Å². The number of benzene rings is 1. The number of hydrogen-bond donors (Lipinski definition) is 2. The van der Waals surface area contributed by atoms with Gasteiger partial charge in [-0.2, -0.15) is 13.2 Å². The number of halogens is 3. The Morgan fingerprint density at radius 1 is 1.19 bits per heavy atom. The third-order valence-electron chi connectivity index (χ3n) is 3.20. The summed E-state index contributed by atoms with van der Waals surface area (Å²) >= 11 is 0. The summed E-state index contributed by atoms with van der Waals surface area (Å²) in [7, 11) is 0. The molecule has 2 aromatic heterocycles. The fourth-order valence-corrected chi connectivity index (χ4v) is 2.04. The van der Waals surface area contributed by atoms with Gasteiger partial charge in [0.2, 0.25) is 5.88 Å². The Kier molecular flexibility index (Phi) is 4.92. The lowest BCUT2D eigenvalue weighted by molar-refractivity contribution is -0.154. The Balaban J connectivity index is 1.67. The molecule has 1 aromatic carbocycles. The molecule has 8 nitrogen and oxygen atoms in total. The van der Waals surface area contributed by atoms with Gasteiger partial charge in [0.05, 0.1) is 0 Å². The van der Waals surface area contributed by atoms with Crippen LogP contribution in [0.25, 0.3) is 11.4 Å². The second-order valence-electron chi connectivity index (χ2n) is 5.24. The highest BCUT2D eigenvalue weighted by Gasteiger charge is 2.28. The van der Waals surface area contributed by atoms with E-state index in [1.807, 2.05) is 0 Å². The molecule has 0 saturated carbocycles. The van der Waals surface area contributed by atoms with Crippen LogP contribution >= 0.6 is 0 Å². The van der Waals surface area contributed by atoms with Gasteiger partial charge < -0.3 is 10.1 Å². The van der Waals surface area contributed by atoms with E-state index >= 15 is 0 Å². The average molecular weight is 380 g/mol. The molecule has 0 radical (unpaired) electrons. The molecule has 0 fully saturated rings. The van der Waals surface area contributed by atoms with Gasteiger partial charge in [0, 0.05) is 17.3 Å². The second-order valence-corrected chi connectivity index (χ2v) is 5.24. The first-order chi connectivity index (χ1) is 12.8. The highest BCUT2D eigenvalue weighted by molar-refractivity contribution is 6.03. The molecule has 0 unspecified atom stereocenters. The first-order valence-corrected chi connectivity index (χ1v) is 7.44. The SMILES string of the molecule is O=C(Nc1ccc(-c2noc(=O)[nH]2)cc1)c1cccc(OCC(F)(F)F)n1. The first-order valence-electron chi connectivity index (χ1n) is 7.44. The summed E-state index contributed by atoms with van der Waals surface area (Å²) in [5.41, 5.74) is 0.845. The van der Waals surface area contributed by atoms with Crippen LogP contribution in [-0.2, 0) is 0 Å². The van der Waals surface area contributed by atoms with Crippen LogP contribution in [0.2, 0.25) is 0 Å². The number of hydrogen-bond acceptors (Lipinski definition) is 6. The van der Waals surface area contributed by atoms with E-state index in [0.717, 1.165) is 0 Å². The van der Waals surface area contributed by atoms with Crippen molar-refractivity contribution in [2.75, 3.05) is 11.9 Å². The van der Waals surface area contributed by atoms with Gasteiger partial charge in [0.15, 0.2) is 12.4 Å². The topological polar surface area (TPSA) is 110 Å². The summed E-state index contributed by atoms with van der Waals surface area (Å²) in [5, 5.41) is 6.08. The minimum absolute atomic E-state index is 0.111. The highest BCUT2D eigenvalue weighted by atomic mass is 19.4. The standard InChI is InChI=1S/C16H11F3N4O4/c17-16(18,19)8-26-12-3-1-2-11(21-12)14(24)20-10-6-4-9(5-7-10)13-22-15(25)27-23-13/h1-7H,8H2,(H,20,24)(H,22,23,25). The molecule has 0 atom stereocenters. The number of carbonyl (C=O) groups is 1. The highest BCUT2D eigenvalue weighted by Crippen LogP contribution is 2.19. The van der Waals surface area contributed by atoms with Crippen LogP contribution in [0.1, 0.15) is 10.5 Å². The van der Waals surface area contributed by atoms with Crippen LogP contribution < -0.4 is 15.8 Å². The number of H-pyrrole nitrogens is 1. The molecule has 3 rings (SSSR count). The fraction of sp³-hybridized carbons (Fsp3) is 0.125. The summed E-state index contributed by atoms with van der Waals surface area (Å²) in [5.74, 6) is -1.41. The molecule has 2 heterocycles. The number of ether oxygens (including phenoxy) is 1. The van der Waals surface area contributed by atoms with Crippen molar-refractivity contribution < 1.29 is 27.2 Å². The van der Waals surface area contributed by atoms with Crippen molar-refractivity contribution in [1.29, 1.82) is 0 Å². The Morgan fingerprint density at radius 2 is 1.93 bits per heavy atom. The molecule has 11 heteroatoms. The maximum atomic E-state index is 12.2. The number of nitrogens with zero attached hydrogens (tertiary/aromatic N) is 2. The number of anilines is 1. The summed E-state index contributed by atoms with van der Waals surface area (Å²) < 4.78 is 45.5. The van der Waals surface area contributed by atoms with E-state index in [1.165, 1.54) is 18.2 Å². The Morgan fingerprint density at radius 3 is 2.56 bits per heavy atom. The zero-order chi connectivity index (χ0) is 19.4. The molecule has 3 aromatic rings. The molecular weight excluding hydrogens is 369 g/mol. The smallest absolute Gasteiger partial charge is 0.439 e. The molecule has 0 aliphatic heterocycles. The number of amides is 1. The van der Waals surface area contributed by atoms with Crippen molar-refractivity contribution in [2.45, 2.75) is 6.18 Å². The quantitative estimate of drug-likeness (QED) is 0.704. The number of rotatable bonds is 5. The lowest BCUT2D eigenvalue weighted by atomic mass is 10.2. The summed E-state index contributed by atoms with van der Waals surface area (Å²) in [4.78, 5) is 29.3. The number of aromatic nitrogens is 3. The van der Waals surface area contributed by atoms with Crippen LogP contribution in [0.15, 0.2) is 51.8 Å². The Hall–Kier alpha value is -3.63. The molecule has 140 valence electrons. The largest absolute Gasteiger partial charge is 0.468 e. The zero-order valence-electron chi connectivity index (χ0n) is 13.4. The summed E-state index contributed by atoms with van der Waals surface area (Å²) in [6, 6.07) is 10.2. The third-order valence-corrected chi connectivity index (χ3v) is 3.20. The van der Waals surface area contributed by atoms with E-state index in [1.54, 1.807) is 24.3 Å². The van der Waals surface area contributed by atoms with Crippen LogP contribution in [0, 0.1) is 0 Å². The lowest BCUT2D eigenvalue weighted by Gasteiger charge is -2.09. The predicted octanol–water partition coefficient (Wildman–Crippen LogP) is 2.62. The van der Waals surface area contributed by atoms with Crippen LogP contribution in [0.4, 0.5) is 18.9 Å². The molecular formula is C16H11F3N4O4. The van der Waals surface area contributed by atoms with E-state index in [2.05, 4.69) is 29.7 Å². The fourth-order valence-electron chi connectivity index (χ4n) is 2.04. The molecule has 0 aliphatic rings. The number of carbonyl (C=O) groups excluding carboxylic acids is 1. The molecule has 27 heavy (non-hydrogen) atoms. The predicted molar refractivity (Wildman–Crippen MR) is 86.3 cm³/mol. The molecule has 1 amide bonds. The number of pyridine rings is 1. The van der Waals surface area contributed by atoms with Crippen LogP contribution in [-0.4, -0.2) is 33.8 Å². The first kappa shape index (κ1) is 18.2. The number of alkyl halides is 3. The minimum Gasteiger partial charge on any atom is -0.468 e. The molecule has 2 N–H and O–H groups in total. The van der Waals surface area contributed by atoms with Crippen molar-refractivity contribution in [1.82, 2.24) is 15.1 Å².